The molecule has 0 heterocycles. The molecule has 0 amide bonds. The third-order valence-electron chi connectivity index (χ3n) is 1.96. The topological polar surface area (TPSA) is 61.5 Å². The zero-order valence-electron chi connectivity index (χ0n) is 9.15. The van der Waals surface area contributed by atoms with Crippen LogP contribution in [-0.4, -0.2) is 31.3 Å². The molecule has 0 unspecified atom stereocenters. The van der Waals surface area contributed by atoms with Gasteiger partial charge in [0.25, 0.3) is 6.43 Å². The van der Waals surface area contributed by atoms with Crippen LogP contribution < -0.4 is 5.73 Å². The van der Waals surface area contributed by atoms with Crippen LogP contribution in [0.5, 0.6) is 0 Å². The second-order valence-corrected chi connectivity index (χ2v) is 5.44. The minimum atomic E-state index is -3.53. The maximum Gasteiger partial charge on any atom is 0.335 e. The highest BCUT2D eigenvalue weighted by atomic mass is 31.2. The molecule has 7 heteroatoms. The molecule has 0 fully saturated rings. The molecule has 4 nitrogen and oxygen atoms in total. The molecule has 0 aliphatic carbocycles. The van der Waals surface area contributed by atoms with Gasteiger partial charge in [-0.1, -0.05) is 0 Å². The summed E-state index contributed by atoms with van der Waals surface area (Å²) in [5.41, 5.74) is 4.21. The molecule has 0 aromatic heterocycles. The third kappa shape index (κ3) is 4.15. The Labute approximate surface area is 88.7 Å². The zero-order valence-corrected chi connectivity index (χ0v) is 10.0. The fraction of sp³-hybridized carbons (Fsp3) is 1.00. The van der Waals surface area contributed by atoms with E-state index in [-0.39, 0.29) is 13.2 Å². The highest BCUT2D eigenvalue weighted by Crippen LogP contribution is 2.54. The Morgan fingerprint density at radius 3 is 1.93 bits per heavy atom. The average molecular weight is 245 g/mol. The summed E-state index contributed by atoms with van der Waals surface area (Å²) >= 11 is 0. The molecule has 0 aliphatic rings. The lowest BCUT2D eigenvalue weighted by Gasteiger charge is -2.27. The van der Waals surface area contributed by atoms with E-state index in [2.05, 4.69) is 0 Å². The standard InChI is InChI=1S/C8H18F2NO3P/c1-4-13-15(12,14-5-2)6(3)7(11)8(9)10/h6-8H,4-5,11H2,1-3H3/t6-,7-/m1/s1. The van der Waals surface area contributed by atoms with E-state index >= 15 is 0 Å². The van der Waals surface area contributed by atoms with Crippen molar-refractivity contribution >= 4 is 7.60 Å². The summed E-state index contributed by atoms with van der Waals surface area (Å²) in [6.07, 6.45) is -2.74. The maximum atomic E-state index is 12.3. The van der Waals surface area contributed by atoms with Gasteiger partial charge in [-0.05, 0) is 20.8 Å². The molecule has 0 saturated heterocycles. The van der Waals surface area contributed by atoms with Crippen molar-refractivity contribution in [1.29, 1.82) is 0 Å². The second-order valence-electron chi connectivity index (χ2n) is 3.03. The van der Waals surface area contributed by atoms with E-state index in [0.717, 1.165) is 0 Å². The molecular weight excluding hydrogens is 227 g/mol. The predicted octanol–water partition coefficient (Wildman–Crippen LogP) is 2.23. The van der Waals surface area contributed by atoms with Gasteiger partial charge >= 0.3 is 7.60 Å². The van der Waals surface area contributed by atoms with E-state index in [1.807, 2.05) is 0 Å². The highest BCUT2D eigenvalue weighted by molar-refractivity contribution is 7.54. The number of halogens is 2. The van der Waals surface area contributed by atoms with Gasteiger partial charge in [-0.25, -0.2) is 8.78 Å². The van der Waals surface area contributed by atoms with Crippen molar-refractivity contribution in [3.63, 3.8) is 0 Å². The Kier molecular flexibility index (Phi) is 6.52. The van der Waals surface area contributed by atoms with Crippen LogP contribution in [0.1, 0.15) is 20.8 Å². The molecule has 0 radical (unpaired) electrons. The summed E-state index contributed by atoms with van der Waals surface area (Å²) in [7, 11) is -3.53. The van der Waals surface area contributed by atoms with Crippen LogP contribution in [0.4, 0.5) is 8.78 Å². The quantitative estimate of drug-likeness (QED) is 0.699. The van der Waals surface area contributed by atoms with E-state index < -0.39 is 25.7 Å². The van der Waals surface area contributed by atoms with E-state index in [4.69, 9.17) is 14.8 Å². The number of alkyl halides is 2. The van der Waals surface area contributed by atoms with E-state index in [1.54, 1.807) is 13.8 Å². The average Bonchev–Trinajstić information content (AvgIpc) is 2.16. The Morgan fingerprint density at radius 1 is 1.27 bits per heavy atom. The summed E-state index contributed by atoms with van der Waals surface area (Å²) in [6.45, 7) is 4.86. The van der Waals surface area contributed by atoms with Gasteiger partial charge in [-0.15, -0.1) is 0 Å². The Hall–Kier alpha value is -0.0300. The molecule has 0 aromatic rings. The van der Waals surface area contributed by atoms with Crippen molar-refractivity contribution in [2.24, 2.45) is 5.73 Å². The first kappa shape index (κ1) is 15.0. The summed E-state index contributed by atoms with van der Waals surface area (Å²) in [5.74, 6) is 0. The van der Waals surface area contributed by atoms with Crippen molar-refractivity contribution in [2.75, 3.05) is 13.2 Å². The van der Waals surface area contributed by atoms with Gasteiger partial charge in [-0.3, -0.25) is 4.57 Å². The van der Waals surface area contributed by atoms with Crippen LogP contribution in [0.3, 0.4) is 0 Å². The van der Waals surface area contributed by atoms with Crippen molar-refractivity contribution < 1.29 is 22.4 Å². The first-order valence-electron chi connectivity index (χ1n) is 4.81. The lowest BCUT2D eigenvalue weighted by molar-refractivity contribution is 0.107. The molecule has 2 atom stereocenters. The van der Waals surface area contributed by atoms with Crippen LogP contribution in [0, 0.1) is 0 Å². The van der Waals surface area contributed by atoms with E-state index in [1.165, 1.54) is 6.92 Å². The lowest BCUT2D eigenvalue weighted by Crippen LogP contribution is -2.39. The first-order chi connectivity index (χ1) is 6.89. The summed E-state index contributed by atoms with van der Waals surface area (Å²) in [5, 5.41) is 0. The smallest absolute Gasteiger partial charge is 0.322 e. The van der Waals surface area contributed by atoms with Crippen LogP contribution in [0.25, 0.3) is 0 Å². The molecule has 0 spiro atoms. The van der Waals surface area contributed by atoms with Crippen LogP contribution in [-0.2, 0) is 13.6 Å². The largest absolute Gasteiger partial charge is 0.335 e. The van der Waals surface area contributed by atoms with Crippen molar-refractivity contribution in [1.82, 2.24) is 0 Å². The first-order valence-corrected chi connectivity index (χ1v) is 6.42. The normalized spacial score (nSPS) is 16.7. The molecule has 0 aliphatic heterocycles. The SMILES string of the molecule is CCOP(=O)(OCC)[C@H](C)[C@@H](N)C(F)F. The second kappa shape index (κ2) is 6.53. The summed E-state index contributed by atoms with van der Waals surface area (Å²) in [6, 6.07) is -1.51. The van der Waals surface area contributed by atoms with Gasteiger partial charge in [0.1, 0.15) is 0 Å². The van der Waals surface area contributed by atoms with Crippen molar-refractivity contribution in [3.05, 3.63) is 0 Å². The molecule has 0 rings (SSSR count). The number of hydrogen-bond acceptors (Lipinski definition) is 4. The van der Waals surface area contributed by atoms with Gasteiger partial charge in [-0.2, -0.15) is 0 Å². The highest BCUT2D eigenvalue weighted by Gasteiger charge is 2.39. The fourth-order valence-electron chi connectivity index (χ4n) is 1.05. The van der Waals surface area contributed by atoms with Gasteiger partial charge < -0.3 is 14.8 Å². The molecule has 92 valence electrons. The summed E-state index contributed by atoms with van der Waals surface area (Å²) in [4.78, 5) is 0. The monoisotopic (exact) mass is 245 g/mol. The maximum absolute atomic E-state index is 12.3. The number of rotatable bonds is 7. The lowest BCUT2D eigenvalue weighted by atomic mass is 10.2. The van der Waals surface area contributed by atoms with Gasteiger partial charge in [0.15, 0.2) is 0 Å². The van der Waals surface area contributed by atoms with Crippen LogP contribution in [0.15, 0.2) is 0 Å². The summed E-state index contributed by atoms with van der Waals surface area (Å²) < 4.78 is 46.5. The minimum Gasteiger partial charge on any atom is -0.322 e. The Bertz CT molecular complexity index is 218. The van der Waals surface area contributed by atoms with Gasteiger partial charge in [0, 0.05) is 0 Å². The van der Waals surface area contributed by atoms with Gasteiger partial charge in [0.2, 0.25) is 0 Å². The number of nitrogens with two attached hydrogens (primary N) is 1. The van der Waals surface area contributed by atoms with E-state index in [9.17, 15) is 13.3 Å². The minimum absolute atomic E-state index is 0.136. The van der Waals surface area contributed by atoms with Crippen molar-refractivity contribution in [3.8, 4) is 0 Å². The molecule has 0 bridgehead atoms. The van der Waals surface area contributed by atoms with Crippen molar-refractivity contribution in [2.45, 2.75) is 38.9 Å². The number of hydrogen-bond donors (Lipinski definition) is 1. The molecule has 2 N–H and O–H groups in total. The Balaban J connectivity index is 4.68. The van der Waals surface area contributed by atoms with Crippen LogP contribution in [0.2, 0.25) is 0 Å². The van der Waals surface area contributed by atoms with E-state index in [0.29, 0.717) is 0 Å². The molecule has 0 saturated carbocycles. The molecule has 15 heavy (non-hydrogen) atoms. The fourth-order valence-corrected chi connectivity index (χ4v) is 2.87. The van der Waals surface area contributed by atoms with Gasteiger partial charge in [0.05, 0.1) is 24.9 Å². The van der Waals surface area contributed by atoms with Crippen LogP contribution >= 0.6 is 7.60 Å². The Morgan fingerprint density at radius 2 is 1.67 bits per heavy atom. The predicted molar refractivity (Wildman–Crippen MR) is 54.3 cm³/mol. The molecule has 0 aromatic carbocycles. The molecular formula is C8H18F2NO3P. The third-order valence-corrected chi connectivity index (χ3v) is 4.54. The zero-order chi connectivity index (χ0) is 12.1.